The SMILES string of the molecule is C[C@H](OC(=O)c1ccc2c(c1)COC2)C(=O)NC1CC1. The molecule has 1 aromatic carbocycles. The first-order valence-electron chi connectivity index (χ1n) is 6.84. The standard InChI is InChI=1S/C15H17NO4/c1-9(14(17)16-13-4-5-13)20-15(18)10-2-3-11-7-19-8-12(11)6-10/h2-3,6,9,13H,4-5,7-8H2,1H3,(H,16,17)/t9-/m0/s1. The van der Waals surface area contributed by atoms with Crippen molar-refractivity contribution in [3.05, 3.63) is 34.9 Å². The van der Waals surface area contributed by atoms with Gasteiger partial charge in [0.1, 0.15) is 0 Å². The maximum atomic E-state index is 12.0. The van der Waals surface area contributed by atoms with Crippen LogP contribution >= 0.6 is 0 Å². The summed E-state index contributed by atoms with van der Waals surface area (Å²) in [5.74, 6) is -0.705. The largest absolute Gasteiger partial charge is 0.449 e. The van der Waals surface area contributed by atoms with E-state index in [0.29, 0.717) is 18.8 Å². The molecule has 1 aliphatic carbocycles. The van der Waals surface area contributed by atoms with Crippen molar-refractivity contribution in [3.63, 3.8) is 0 Å². The minimum atomic E-state index is -0.771. The number of amides is 1. The van der Waals surface area contributed by atoms with Gasteiger partial charge in [-0.05, 0) is 43.0 Å². The van der Waals surface area contributed by atoms with Crippen LogP contribution in [-0.2, 0) is 27.5 Å². The van der Waals surface area contributed by atoms with E-state index in [0.717, 1.165) is 24.0 Å². The van der Waals surface area contributed by atoms with Gasteiger partial charge in [-0.3, -0.25) is 4.79 Å². The Labute approximate surface area is 117 Å². The summed E-state index contributed by atoms with van der Waals surface area (Å²) in [5, 5.41) is 2.82. The molecule has 0 spiro atoms. The molecule has 0 saturated heterocycles. The van der Waals surface area contributed by atoms with Crippen LogP contribution < -0.4 is 5.32 Å². The molecule has 1 heterocycles. The molecular weight excluding hydrogens is 258 g/mol. The highest BCUT2D eigenvalue weighted by Gasteiger charge is 2.27. The molecule has 2 aliphatic rings. The van der Waals surface area contributed by atoms with Crippen molar-refractivity contribution >= 4 is 11.9 Å². The van der Waals surface area contributed by atoms with Crippen LogP contribution in [0.1, 0.15) is 41.3 Å². The summed E-state index contributed by atoms with van der Waals surface area (Å²) in [6.45, 7) is 2.70. The quantitative estimate of drug-likeness (QED) is 0.847. The van der Waals surface area contributed by atoms with Gasteiger partial charge in [0.2, 0.25) is 0 Å². The Hall–Kier alpha value is -1.88. The second-order valence-corrected chi connectivity index (χ2v) is 5.31. The number of ether oxygens (including phenoxy) is 2. The Morgan fingerprint density at radius 3 is 2.80 bits per heavy atom. The summed E-state index contributed by atoms with van der Waals surface area (Å²) in [6.07, 6.45) is 1.25. The lowest BCUT2D eigenvalue weighted by Crippen LogP contribution is -2.37. The third-order valence-corrected chi connectivity index (χ3v) is 3.53. The number of benzene rings is 1. The van der Waals surface area contributed by atoms with Crippen molar-refractivity contribution < 1.29 is 19.1 Å². The predicted octanol–water partition coefficient (Wildman–Crippen LogP) is 1.54. The van der Waals surface area contributed by atoms with Gasteiger partial charge < -0.3 is 14.8 Å². The molecule has 0 bridgehead atoms. The smallest absolute Gasteiger partial charge is 0.338 e. The zero-order valence-corrected chi connectivity index (χ0v) is 11.3. The van der Waals surface area contributed by atoms with Crippen LogP contribution in [0.4, 0.5) is 0 Å². The van der Waals surface area contributed by atoms with Crippen LogP contribution in [0.2, 0.25) is 0 Å². The van der Waals surface area contributed by atoms with E-state index in [1.807, 2.05) is 6.07 Å². The molecule has 5 nitrogen and oxygen atoms in total. The second kappa shape index (κ2) is 5.25. The van der Waals surface area contributed by atoms with E-state index >= 15 is 0 Å². The average Bonchev–Trinajstić information content (AvgIpc) is 3.12. The first-order chi connectivity index (χ1) is 9.63. The topological polar surface area (TPSA) is 64.6 Å². The van der Waals surface area contributed by atoms with E-state index in [1.54, 1.807) is 19.1 Å². The van der Waals surface area contributed by atoms with Gasteiger partial charge in [-0.2, -0.15) is 0 Å². The number of carbonyl (C=O) groups is 2. The molecule has 3 rings (SSSR count). The highest BCUT2D eigenvalue weighted by molar-refractivity contribution is 5.92. The van der Waals surface area contributed by atoms with E-state index in [9.17, 15) is 9.59 Å². The van der Waals surface area contributed by atoms with Crippen molar-refractivity contribution in [2.75, 3.05) is 0 Å². The molecule has 0 unspecified atom stereocenters. The van der Waals surface area contributed by atoms with Gasteiger partial charge >= 0.3 is 5.97 Å². The third-order valence-electron chi connectivity index (χ3n) is 3.53. The molecule has 1 aromatic rings. The Morgan fingerprint density at radius 1 is 1.30 bits per heavy atom. The Bertz CT molecular complexity index is 551. The number of esters is 1. The molecule has 20 heavy (non-hydrogen) atoms. The number of rotatable bonds is 4. The van der Waals surface area contributed by atoms with E-state index < -0.39 is 12.1 Å². The van der Waals surface area contributed by atoms with Crippen molar-refractivity contribution in [1.82, 2.24) is 5.32 Å². The zero-order valence-electron chi connectivity index (χ0n) is 11.3. The van der Waals surface area contributed by atoms with Gasteiger partial charge in [0.25, 0.3) is 5.91 Å². The van der Waals surface area contributed by atoms with Gasteiger partial charge in [-0.1, -0.05) is 6.07 Å². The summed E-state index contributed by atoms with van der Waals surface area (Å²) < 4.78 is 10.5. The van der Waals surface area contributed by atoms with Crippen molar-refractivity contribution in [3.8, 4) is 0 Å². The van der Waals surface area contributed by atoms with Crippen molar-refractivity contribution in [2.45, 2.75) is 45.1 Å². The highest BCUT2D eigenvalue weighted by Crippen LogP contribution is 2.22. The Kier molecular flexibility index (Phi) is 3.44. The van der Waals surface area contributed by atoms with Gasteiger partial charge in [0.15, 0.2) is 6.10 Å². The fraction of sp³-hybridized carbons (Fsp3) is 0.467. The Balaban J connectivity index is 1.61. The second-order valence-electron chi connectivity index (χ2n) is 5.31. The van der Waals surface area contributed by atoms with Crippen LogP contribution in [0.5, 0.6) is 0 Å². The van der Waals surface area contributed by atoms with Gasteiger partial charge in [0, 0.05) is 6.04 Å². The molecule has 1 amide bonds. The van der Waals surface area contributed by atoms with Crippen LogP contribution in [0.15, 0.2) is 18.2 Å². The van der Waals surface area contributed by atoms with Crippen LogP contribution in [0.25, 0.3) is 0 Å². The number of nitrogens with one attached hydrogen (secondary N) is 1. The van der Waals surface area contributed by atoms with E-state index in [-0.39, 0.29) is 11.9 Å². The lowest BCUT2D eigenvalue weighted by molar-refractivity contribution is -0.129. The van der Waals surface area contributed by atoms with E-state index in [4.69, 9.17) is 9.47 Å². The molecule has 5 heteroatoms. The molecule has 106 valence electrons. The molecule has 0 radical (unpaired) electrons. The van der Waals surface area contributed by atoms with Gasteiger partial charge in [0.05, 0.1) is 18.8 Å². The molecule has 1 N–H and O–H groups in total. The van der Waals surface area contributed by atoms with Crippen LogP contribution in [0, 0.1) is 0 Å². The summed E-state index contributed by atoms with van der Waals surface area (Å²) in [5.41, 5.74) is 2.57. The number of hydrogen-bond acceptors (Lipinski definition) is 4. The average molecular weight is 275 g/mol. The number of fused-ring (bicyclic) bond motifs is 1. The zero-order chi connectivity index (χ0) is 14.1. The summed E-state index contributed by atoms with van der Waals surface area (Å²) in [7, 11) is 0. The molecule has 1 atom stereocenters. The van der Waals surface area contributed by atoms with Gasteiger partial charge in [-0.25, -0.2) is 4.79 Å². The lowest BCUT2D eigenvalue weighted by Gasteiger charge is -2.13. The highest BCUT2D eigenvalue weighted by atomic mass is 16.5. The summed E-state index contributed by atoms with van der Waals surface area (Å²) in [6, 6.07) is 5.62. The van der Waals surface area contributed by atoms with E-state index in [2.05, 4.69) is 5.32 Å². The molecule has 1 fully saturated rings. The molecule has 0 aromatic heterocycles. The predicted molar refractivity (Wildman–Crippen MR) is 71.0 cm³/mol. The fourth-order valence-electron chi connectivity index (χ4n) is 2.13. The first-order valence-corrected chi connectivity index (χ1v) is 6.84. The first kappa shape index (κ1) is 13.1. The minimum Gasteiger partial charge on any atom is -0.449 e. The van der Waals surface area contributed by atoms with Crippen molar-refractivity contribution in [1.29, 1.82) is 0 Å². The normalized spacial score (nSPS) is 18.2. The van der Waals surface area contributed by atoms with Crippen LogP contribution in [-0.4, -0.2) is 24.0 Å². The molecule has 1 aliphatic heterocycles. The monoisotopic (exact) mass is 275 g/mol. The van der Waals surface area contributed by atoms with E-state index in [1.165, 1.54) is 0 Å². The maximum absolute atomic E-state index is 12.0. The molecule has 1 saturated carbocycles. The molecular formula is C15H17NO4. The summed E-state index contributed by atoms with van der Waals surface area (Å²) >= 11 is 0. The van der Waals surface area contributed by atoms with Crippen LogP contribution in [0.3, 0.4) is 0 Å². The third kappa shape index (κ3) is 2.82. The minimum absolute atomic E-state index is 0.231. The fourth-order valence-corrected chi connectivity index (χ4v) is 2.13. The Morgan fingerprint density at radius 2 is 2.05 bits per heavy atom. The number of carbonyl (C=O) groups excluding carboxylic acids is 2. The van der Waals surface area contributed by atoms with Crippen molar-refractivity contribution in [2.24, 2.45) is 0 Å². The summed E-state index contributed by atoms with van der Waals surface area (Å²) in [4.78, 5) is 23.8. The van der Waals surface area contributed by atoms with Gasteiger partial charge in [-0.15, -0.1) is 0 Å². The number of hydrogen-bond donors (Lipinski definition) is 1. The maximum Gasteiger partial charge on any atom is 0.338 e. The lowest BCUT2D eigenvalue weighted by atomic mass is 10.1.